The van der Waals surface area contributed by atoms with E-state index >= 15 is 0 Å². The summed E-state index contributed by atoms with van der Waals surface area (Å²) in [6.45, 7) is 0. The molecule has 0 radical (unpaired) electrons. The Balaban J connectivity index is 1.21. The molecule has 1 aliphatic rings. The molecule has 0 amide bonds. The first-order valence-electron chi connectivity index (χ1n) is 16.4. The second-order valence-corrected chi connectivity index (χ2v) is 12.3. The molecule has 0 fully saturated rings. The minimum atomic E-state index is 1.11. The Morgan fingerprint density at radius 3 is 1.54 bits per heavy atom. The zero-order valence-corrected chi connectivity index (χ0v) is 26.1. The minimum absolute atomic E-state index is 1.11. The average Bonchev–Trinajstić information content (AvgIpc) is 3.74. The molecule has 2 aromatic heterocycles. The summed E-state index contributed by atoms with van der Waals surface area (Å²) in [6, 6.07) is 63.2. The second-order valence-electron chi connectivity index (χ2n) is 12.3. The van der Waals surface area contributed by atoms with Gasteiger partial charge in [0.2, 0.25) is 0 Å². The fraction of sp³-hybridized carbons (Fsp3) is 0. The molecule has 0 unspecified atom stereocenters. The number of anilines is 6. The molecule has 0 saturated carbocycles. The smallest absolute Gasteiger partial charge is 0.0703 e. The van der Waals surface area contributed by atoms with Gasteiger partial charge in [0.1, 0.15) is 0 Å². The fourth-order valence-corrected chi connectivity index (χ4v) is 7.61. The van der Waals surface area contributed by atoms with Gasteiger partial charge in [-0.05, 0) is 84.9 Å². The van der Waals surface area contributed by atoms with Crippen LogP contribution in [0.3, 0.4) is 0 Å². The third kappa shape index (κ3) is 3.90. The Morgan fingerprint density at radius 1 is 0.312 bits per heavy atom. The van der Waals surface area contributed by atoms with Gasteiger partial charge in [-0.2, -0.15) is 0 Å². The monoisotopic (exact) mass is 614 g/mol. The van der Waals surface area contributed by atoms with Crippen LogP contribution in [0.5, 0.6) is 0 Å². The van der Waals surface area contributed by atoms with E-state index in [1.54, 1.807) is 0 Å². The van der Waals surface area contributed by atoms with Crippen molar-refractivity contribution in [1.82, 2.24) is 9.13 Å². The molecule has 48 heavy (non-hydrogen) atoms. The predicted molar refractivity (Wildman–Crippen MR) is 201 cm³/mol. The number of aromatic nitrogens is 2. The van der Waals surface area contributed by atoms with Crippen LogP contribution in [0.15, 0.2) is 182 Å². The van der Waals surface area contributed by atoms with Crippen molar-refractivity contribution in [3.05, 3.63) is 182 Å². The highest BCUT2D eigenvalue weighted by Gasteiger charge is 2.30. The molecule has 0 spiro atoms. The lowest BCUT2D eigenvalue weighted by Crippen LogP contribution is -2.23. The van der Waals surface area contributed by atoms with E-state index in [1.165, 1.54) is 32.7 Å². The predicted octanol–water partition coefficient (Wildman–Crippen LogP) is 12.0. The summed E-state index contributed by atoms with van der Waals surface area (Å²) in [7, 11) is 0. The quantitative estimate of drug-likeness (QED) is 0.196. The van der Waals surface area contributed by atoms with Gasteiger partial charge in [0, 0.05) is 45.1 Å². The maximum atomic E-state index is 2.45. The Morgan fingerprint density at radius 2 is 0.854 bits per heavy atom. The molecule has 10 rings (SSSR count). The summed E-state index contributed by atoms with van der Waals surface area (Å²) >= 11 is 0. The summed E-state index contributed by atoms with van der Waals surface area (Å²) in [5, 5.41) is 3.73. The number of benzene rings is 7. The van der Waals surface area contributed by atoms with Crippen molar-refractivity contribution >= 4 is 66.8 Å². The van der Waals surface area contributed by atoms with Crippen LogP contribution in [0.25, 0.3) is 44.1 Å². The fourth-order valence-electron chi connectivity index (χ4n) is 7.61. The lowest BCUT2D eigenvalue weighted by molar-refractivity contribution is 1.13. The number of rotatable bonds is 4. The van der Waals surface area contributed by atoms with Crippen LogP contribution in [0, 0.1) is 0 Å². The maximum Gasteiger partial charge on any atom is 0.0703 e. The Kier molecular flexibility index (Phi) is 5.84. The van der Waals surface area contributed by atoms with Gasteiger partial charge in [-0.3, -0.25) is 0 Å². The minimum Gasteiger partial charge on any atom is -0.316 e. The molecule has 7 aromatic carbocycles. The van der Waals surface area contributed by atoms with Gasteiger partial charge in [0.25, 0.3) is 0 Å². The first-order valence-corrected chi connectivity index (χ1v) is 16.4. The van der Waals surface area contributed by atoms with Crippen LogP contribution < -0.4 is 9.80 Å². The van der Waals surface area contributed by atoms with E-state index in [-0.39, 0.29) is 0 Å². The van der Waals surface area contributed by atoms with Gasteiger partial charge in [0.05, 0.1) is 39.3 Å². The molecule has 4 heteroatoms. The van der Waals surface area contributed by atoms with Crippen LogP contribution in [-0.2, 0) is 0 Å². The second kappa shape index (κ2) is 10.5. The molecule has 0 aliphatic carbocycles. The van der Waals surface area contributed by atoms with E-state index < -0.39 is 0 Å². The van der Waals surface area contributed by atoms with Crippen LogP contribution in [-0.4, -0.2) is 9.13 Å². The van der Waals surface area contributed by atoms with Gasteiger partial charge < -0.3 is 18.9 Å². The summed E-state index contributed by atoms with van der Waals surface area (Å²) in [5.74, 6) is 0. The van der Waals surface area contributed by atoms with Crippen molar-refractivity contribution in [2.24, 2.45) is 0 Å². The van der Waals surface area contributed by atoms with E-state index in [0.29, 0.717) is 0 Å². The SMILES string of the molecule is c1ccc(N2c3ccccc3N(c3cccc(-n4c5ccccc5c5ccc6c(ccn6-c6ccccc6)c54)c3)c3ccccc32)cc1. The third-order valence-corrected chi connectivity index (χ3v) is 9.62. The van der Waals surface area contributed by atoms with E-state index in [1.807, 2.05) is 0 Å². The maximum absolute atomic E-state index is 2.45. The van der Waals surface area contributed by atoms with Crippen molar-refractivity contribution in [2.45, 2.75) is 0 Å². The van der Waals surface area contributed by atoms with Gasteiger partial charge in [-0.25, -0.2) is 0 Å². The van der Waals surface area contributed by atoms with Crippen molar-refractivity contribution < 1.29 is 0 Å². The highest BCUT2D eigenvalue weighted by atomic mass is 15.3. The molecule has 9 aromatic rings. The third-order valence-electron chi connectivity index (χ3n) is 9.62. The molecule has 0 bridgehead atoms. The molecule has 0 saturated heterocycles. The molecular formula is C44H30N4. The van der Waals surface area contributed by atoms with Crippen molar-refractivity contribution in [2.75, 3.05) is 9.80 Å². The normalized spacial score (nSPS) is 12.5. The number of para-hydroxylation sites is 7. The standard InChI is InChI=1S/C44H30N4/c1-3-14-31(15-4-1)45-29-28-37-38(45)27-26-36-35-20-7-8-21-39(35)48(44(36)37)34-19-13-18-33(30-34)47-42-24-11-9-22-40(42)46(32-16-5-2-6-17-32)41-23-10-12-25-43(41)47/h1-30H. The topological polar surface area (TPSA) is 16.3 Å². The lowest BCUT2D eigenvalue weighted by atomic mass is 10.0. The van der Waals surface area contributed by atoms with E-state index in [4.69, 9.17) is 0 Å². The van der Waals surface area contributed by atoms with Crippen molar-refractivity contribution in [3.63, 3.8) is 0 Å². The molecule has 0 N–H and O–H groups in total. The molecule has 0 atom stereocenters. The van der Waals surface area contributed by atoms with Crippen LogP contribution >= 0.6 is 0 Å². The number of hydrogen-bond donors (Lipinski definition) is 0. The van der Waals surface area contributed by atoms with Crippen molar-refractivity contribution in [3.8, 4) is 11.4 Å². The highest BCUT2D eigenvalue weighted by Crippen LogP contribution is 2.54. The van der Waals surface area contributed by atoms with Crippen LogP contribution in [0.1, 0.15) is 0 Å². The number of nitrogens with zero attached hydrogens (tertiary/aromatic N) is 4. The zero-order chi connectivity index (χ0) is 31.6. The molecule has 226 valence electrons. The first-order chi connectivity index (χ1) is 23.8. The summed E-state index contributed by atoms with van der Waals surface area (Å²) in [5.41, 5.74) is 12.7. The molecule has 4 nitrogen and oxygen atoms in total. The summed E-state index contributed by atoms with van der Waals surface area (Å²) < 4.78 is 4.73. The van der Waals surface area contributed by atoms with Crippen LogP contribution in [0.2, 0.25) is 0 Å². The molecule has 1 aliphatic heterocycles. The van der Waals surface area contributed by atoms with Gasteiger partial charge >= 0.3 is 0 Å². The van der Waals surface area contributed by atoms with E-state index in [0.717, 1.165) is 45.5 Å². The van der Waals surface area contributed by atoms with Crippen molar-refractivity contribution in [1.29, 1.82) is 0 Å². The summed E-state index contributed by atoms with van der Waals surface area (Å²) in [6.07, 6.45) is 2.19. The first kappa shape index (κ1) is 26.7. The van der Waals surface area contributed by atoms with Crippen LogP contribution in [0.4, 0.5) is 34.1 Å². The number of fused-ring (bicyclic) bond motifs is 7. The van der Waals surface area contributed by atoms with E-state index in [2.05, 4.69) is 201 Å². The largest absolute Gasteiger partial charge is 0.316 e. The Labute approximate surface area is 278 Å². The molecule has 3 heterocycles. The summed E-state index contributed by atoms with van der Waals surface area (Å²) in [4.78, 5) is 4.77. The average molecular weight is 615 g/mol. The molecular weight excluding hydrogens is 585 g/mol. The van der Waals surface area contributed by atoms with Gasteiger partial charge in [-0.15, -0.1) is 0 Å². The zero-order valence-electron chi connectivity index (χ0n) is 26.1. The van der Waals surface area contributed by atoms with Gasteiger partial charge in [0.15, 0.2) is 0 Å². The Hall–Kier alpha value is -6.52. The lowest BCUT2D eigenvalue weighted by Gasteiger charge is -2.40. The highest BCUT2D eigenvalue weighted by molar-refractivity contribution is 6.18. The number of hydrogen-bond acceptors (Lipinski definition) is 2. The van der Waals surface area contributed by atoms with Gasteiger partial charge in [-0.1, -0.05) is 91.0 Å². The van der Waals surface area contributed by atoms with E-state index in [9.17, 15) is 0 Å². The Bertz CT molecular complexity index is 2580.